The fourth-order valence-corrected chi connectivity index (χ4v) is 1.39. The van der Waals surface area contributed by atoms with Crippen molar-refractivity contribution in [1.82, 2.24) is 4.90 Å². The zero-order valence-corrected chi connectivity index (χ0v) is 10.1. The maximum atomic E-state index is 11.9. The molecular weight excluding hydrogens is 192 g/mol. The first-order chi connectivity index (χ1) is 7.08. The minimum atomic E-state index is -0.409. The topological polar surface area (TPSA) is 66.6 Å². The van der Waals surface area contributed by atoms with E-state index in [1.165, 1.54) is 0 Å². The Morgan fingerprint density at radius 3 is 2.47 bits per heavy atom. The number of carbonyl (C=O) groups excluding carboxylic acids is 1. The Bertz CT molecular complexity index is 185. The van der Waals surface area contributed by atoms with Gasteiger partial charge in [0.2, 0.25) is 5.91 Å². The van der Waals surface area contributed by atoms with Crippen molar-refractivity contribution in [3.63, 3.8) is 0 Å². The quantitative estimate of drug-likeness (QED) is 0.654. The van der Waals surface area contributed by atoms with Crippen LogP contribution in [0.25, 0.3) is 0 Å². The zero-order valence-electron chi connectivity index (χ0n) is 10.1. The first-order valence-electron chi connectivity index (χ1n) is 5.73. The Balaban J connectivity index is 4.24. The Labute approximate surface area is 92.4 Å². The highest BCUT2D eigenvalue weighted by Crippen LogP contribution is 2.08. The minimum absolute atomic E-state index is 0.000278. The molecule has 0 aliphatic heterocycles. The van der Waals surface area contributed by atoms with Crippen molar-refractivity contribution in [2.45, 2.75) is 39.7 Å². The molecular formula is C11H24N2O2. The van der Waals surface area contributed by atoms with Gasteiger partial charge in [-0.15, -0.1) is 0 Å². The van der Waals surface area contributed by atoms with Gasteiger partial charge >= 0.3 is 0 Å². The van der Waals surface area contributed by atoms with Crippen LogP contribution in [0.2, 0.25) is 0 Å². The molecule has 0 aliphatic rings. The highest BCUT2D eigenvalue weighted by atomic mass is 16.3. The Kier molecular flexibility index (Phi) is 7.34. The van der Waals surface area contributed by atoms with E-state index in [2.05, 4.69) is 0 Å². The summed E-state index contributed by atoms with van der Waals surface area (Å²) in [5.74, 6) is 0.209. The molecule has 0 rings (SSSR count). The SMILES string of the molecule is CCC(C)C(N)C(=O)N(CC)CCCO. The Morgan fingerprint density at radius 2 is 2.07 bits per heavy atom. The van der Waals surface area contributed by atoms with E-state index in [0.717, 1.165) is 6.42 Å². The molecule has 0 heterocycles. The number of rotatable bonds is 7. The van der Waals surface area contributed by atoms with Crippen molar-refractivity contribution in [3.05, 3.63) is 0 Å². The molecule has 4 nitrogen and oxygen atoms in total. The van der Waals surface area contributed by atoms with Gasteiger partial charge in [-0.3, -0.25) is 4.79 Å². The van der Waals surface area contributed by atoms with E-state index in [4.69, 9.17) is 10.8 Å². The predicted octanol–water partition coefficient (Wildman–Crippen LogP) is 0.591. The number of nitrogens with two attached hydrogens (primary N) is 1. The van der Waals surface area contributed by atoms with E-state index in [1.807, 2.05) is 20.8 Å². The molecule has 0 aromatic carbocycles. The van der Waals surface area contributed by atoms with E-state index in [0.29, 0.717) is 19.5 Å². The largest absolute Gasteiger partial charge is 0.396 e. The van der Waals surface area contributed by atoms with Crippen LogP contribution in [0.15, 0.2) is 0 Å². The number of hydrogen-bond acceptors (Lipinski definition) is 3. The van der Waals surface area contributed by atoms with Gasteiger partial charge in [0.15, 0.2) is 0 Å². The Hall–Kier alpha value is -0.610. The second-order valence-electron chi connectivity index (χ2n) is 3.91. The van der Waals surface area contributed by atoms with Gasteiger partial charge < -0.3 is 15.7 Å². The summed E-state index contributed by atoms with van der Waals surface area (Å²) in [5, 5.41) is 8.72. The van der Waals surface area contributed by atoms with Crippen LogP contribution in [-0.2, 0) is 4.79 Å². The zero-order chi connectivity index (χ0) is 11.8. The monoisotopic (exact) mass is 216 g/mol. The van der Waals surface area contributed by atoms with Crippen LogP contribution in [0.5, 0.6) is 0 Å². The summed E-state index contributed by atoms with van der Waals surface area (Å²) >= 11 is 0. The van der Waals surface area contributed by atoms with Crippen LogP contribution in [0.1, 0.15) is 33.6 Å². The standard InChI is InChI=1S/C11H24N2O2/c1-4-9(3)10(12)11(15)13(5-2)7-6-8-14/h9-10,14H,4-8,12H2,1-3H3. The fourth-order valence-electron chi connectivity index (χ4n) is 1.39. The maximum Gasteiger partial charge on any atom is 0.239 e. The van der Waals surface area contributed by atoms with Gasteiger partial charge in [0.05, 0.1) is 6.04 Å². The van der Waals surface area contributed by atoms with Crippen LogP contribution >= 0.6 is 0 Å². The molecule has 1 amide bonds. The van der Waals surface area contributed by atoms with Gasteiger partial charge in [-0.2, -0.15) is 0 Å². The molecule has 2 unspecified atom stereocenters. The molecule has 90 valence electrons. The van der Waals surface area contributed by atoms with Crippen molar-refractivity contribution >= 4 is 5.91 Å². The molecule has 0 aromatic heterocycles. The highest BCUT2D eigenvalue weighted by molar-refractivity contribution is 5.81. The Morgan fingerprint density at radius 1 is 1.47 bits per heavy atom. The summed E-state index contributed by atoms with van der Waals surface area (Å²) in [5.41, 5.74) is 5.87. The highest BCUT2D eigenvalue weighted by Gasteiger charge is 2.23. The van der Waals surface area contributed by atoms with Gasteiger partial charge in [-0.1, -0.05) is 20.3 Å². The lowest BCUT2D eigenvalue weighted by atomic mass is 9.99. The molecule has 0 aliphatic carbocycles. The molecule has 3 N–H and O–H groups in total. The van der Waals surface area contributed by atoms with Crippen LogP contribution in [-0.4, -0.2) is 41.7 Å². The third-order valence-electron chi connectivity index (χ3n) is 2.82. The number of nitrogens with zero attached hydrogens (tertiary/aromatic N) is 1. The number of aliphatic hydroxyl groups is 1. The third-order valence-corrected chi connectivity index (χ3v) is 2.82. The van der Waals surface area contributed by atoms with Crippen molar-refractivity contribution in [2.75, 3.05) is 19.7 Å². The average molecular weight is 216 g/mol. The number of likely N-dealkylation sites (N-methyl/N-ethyl adjacent to an activating group) is 1. The molecule has 0 radical (unpaired) electrons. The first kappa shape index (κ1) is 14.4. The molecule has 0 saturated carbocycles. The molecule has 0 spiro atoms. The van der Waals surface area contributed by atoms with Crippen LogP contribution in [0.4, 0.5) is 0 Å². The number of amides is 1. The van der Waals surface area contributed by atoms with Gasteiger partial charge in [-0.25, -0.2) is 0 Å². The van der Waals surface area contributed by atoms with E-state index in [9.17, 15) is 4.79 Å². The van der Waals surface area contributed by atoms with Crippen LogP contribution in [0.3, 0.4) is 0 Å². The predicted molar refractivity (Wildman–Crippen MR) is 61.4 cm³/mol. The van der Waals surface area contributed by atoms with Gasteiger partial charge in [0.1, 0.15) is 0 Å². The normalized spacial score (nSPS) is 14.7. The second kappa shape index (κ2) is 7.65. The van der Waals surface area contributed by atoms with E-state index in [1.54, 1.807) is 4.90 Å². The second-order valence-corrected chi connectivity index (χ2v) is 3.91. The van der Waals surface area contributed by atoms with E-state index in [-0.39, 0.29) is 18.4 Å². The third kappa shape index (κ3) is 4.62. The summed E-state index contributed by atoms with van der Waals surface area (Å²) in [7, 11) is 0. The summed E-state index contributed by atoms with van der Waals surface area (Å²) < 4.78 is 0. The van der Waals surface area contributed by atoms with Crippen LogP contribution in [0, 0.1) is 5.92 Å². The van der Waals surface area contributed by atoms with Gasteiger partial charge in [0, 0.05) is 19.7 Å². The van der Waals surface area contributed by atoms with Crippen LogP contribution < -0.4 is 5.73 Å². The lowest BCUT2D eigenvalue weighted by Crippen LogP contribution is -2.47. The summed E-state index contributed by atoms with van der Waals surface area (Å²) in [6.45, 7) is 7.31. The lowest BCUT2D eigenvalue weighted by Gasteiger charge is -2.26. The van der Waals surface area contributed by atoms with Crippen molar-refractivity contribution in [3.8, 4) is 0 Å². The number of carbonyl (C=O) groups is 1. The molecule has 4 heteroatoms. The smallest absolute Gasteiger partial charge is 0.239 e. The average Bonchev–Trinajstić information content (AvgIpc) is 2.27. The van der Waals surface area contributed by atoms with Crippen molar-refractivity contribution in [2.24, 2.45) is 11.7 Å². The fraction of sp³-hybridized carbons (Fsp3) is 0.909. The summed E-state index contributed by atoms with van der Waals surface area (Å²) in [6, 6.07) is -0.409. The first-order valence-corrected chi connectivity index (χ1v) is 5.73. The van der Waals surface area contributed by atoms with Gasteiger partial charge in [-0.05, 0) is 19.3 Å². The van der Waals surface area contributed by atoms with E-state index < -0.39 is 6.04 Å². The van der Waals surface area contributed by atoms with Crippen molar-refractivity contribution < 1.29 is 9.90 Å². The maximum absolute atomic E-state index is 11.9. The molecule has 0 aromatic rings. The minimum Gasteiger partial charge on any atom is -0.396 e. The number of aliphatic hydroxyl groups excluding tert-OH is 1. The molecule has 0 saturated heterocycles. The molecule has 15 heavy (non-hydrogen) atoms. The van der Waals surface area contributed by atoms with E-state index >= 15 is 0 Å². The molecule has 0 bridgehead atoms. The lowest BCUT2D eigenvalue weighted by molar-refractivity contribution is -0.133. The molecule has 2 atom stereocenters. The van der Waals surface area contributed by atoms with Gasteiger partial charge in [0.25, 0.3) is 0 Å². The summed E-state index contributed by atoms with van der Waals surface area (Å²) in [4.78, 5) is 13.6. The van der Waals surface area contributed by atoms with Crippen molar-refractivity contribution in [1.29, 1.82) is 0 Å². The summed E-state index contributed by atoms with van der Waals surface area (Å²) in [6.07, 6.45) is 1.53. The molecule has 0 fully saturated rings. The number of hydrogen-bond donors (Lipinski definition) is 2.